The summed E-state index contributed by atoms with van der Waals surface area (Å²) in [5.41, 5.74) is 3.51. The number of aryl methyl sites for hydroxylation is 1. The van der Waals surface area contributed by atoms with E-state index >= 15 is 0 Å². The second kappa shape index (κ2) is 7.77. The van der Waals surface area contributed by atoms with E-state index in [0.717, 1.165) is 43.2 Å². The van der Waals surface area contributed by atoms with E-state index in [1.807, 2.05) is 0 Å². The van der Waals surface area contributed by atoms with Gasteiger partial charge < -0.3 is 9.47 Å². The van der Waals surface area contributed by atoms with Crippen LogP contribution in [0.2, 0.25) is 0 Å². The Kier molecular flexibility index (Phi) is 5.86. The van der Waals surface area contributed by atoms with Crippen molar-refractivity contribution in [3.63, 3.8) is 0 Å². The second-order valence-electron chi connectivity index (χ2n) is 9.94. The summed E-state index contributed by atoms with van der Waals surface area (Å²) >= 11 is 0. The molecule has 0 aromatic heterocycles. The SMILES string of the molecule is CC[C@]12CCCC(C)(C)[C@@H]1CCc1cc(C(C)C)c(OC(C)=O)c(OC(C)=O)c12. The van der Waals surface area contributed by atoms with Crippen LogP contribution in [0.4, 0.5) is 0 Å². The van der Waals surface area contributed by atoms with Crippen LogP contribution in [0.5, 0.6) is 11.5 Å². The van der Waals surface area contributed by atoms with Crippen molar-refractivity contribution in [1.82, 2.24) is 0 Å². The predicted molar refractivity (Wildman–Crippen MR) is 115 cm³/mol. The summed E-state index contributed by atoms with van der Waals surface area (Å²) in [6, 6.07) is 2.21. The molecule has 0 aliphatic heterocycles. The van der Waals surface area contributed by atoms with Crippen LogP contribution in [-0.4, -0.2) is 11.9 Å². The number of benzene rings is 1. The lowest BCUT2D eigenvalue weighted by Gasteiger charge is -2.56. The average Bonchev–Trinajstić information content (AvgIpc) is 2.61. The van der Waals surface area contributed by atoms with Crippen LogP contribution in [0, 0.1) is 11.3 Å². The minimum atomic E-state index is -0.387. The first-order valence-corrected chi connectivity index (χ1v) is 11.1. The van der Waals surface area contributed by atoms with E-state index < -0.39 is 0 Å². The molecule has 0 heterocycles. The van der Waals surface area contributed by atoms with Crippen molar-refractivity contribution in [2.24, 2.45) is 11.3 Å². The van der Waals surface area contributed by atoms with Crippen LogP contribution in [0.1, 0.15) is 103 Å². The molecule has 0 N–H and O–H groups in total. The fourth-order valence-electron chi connectivity index (χ4n) is 6.20. The molecule has 0 radical (unpaired) electrons. The normalized spacial score (nSPS) is 25.2. The van der Waals surface area contributed by atoms with Gasteiger partial charge in [0.25, 0.3) is 0 Å². The van der Waals surface area contributed by atoms with Crippen LogP contribution in [0.15, 0.2) is 6.07 Å². The Hall–Kier alpha value is -1.84. The highest BCUT2D eigenvalue weighted by Crippen LogP contribution is 2.62. The molecule has 0 spiro atoms. The lowest BCUT2D eigenvalue weighted by molar-refractivity contribution is -0.134. The zero-order chi connectivity index (χ0) is 21.6. The van der Waals surface area contributed by atoms with E-state index in [0.29, 0.717) is 17.4 Å². The molecule has 160 valence electrons. The quantitative estimate of drug-likeness (QED) is 0.454. The number of rotatable bonds is 4. The molecule has 0 bridgehead atoms. The van der Waals surface area contributed by atoms with E-state index in [1.54, 1.807) is 0 Å². The zero-order valence-corrected chi connectivity index (χ0v) is 19.1. The number of hydrogen-bond donors (Lipinski definition) is 0. The standard InChI is InChI=1S/C25H36O4/c1-8-25-13-9-12-24(6,7)20(25)11-10-18-14-19(15(2)3)22(28-16(4)26)23(21(18)25)29-17(5)27/h14-15,20H,8-13H2,1-7H3/t20-,25-/m0/s1. The first kappa shape index (κ1) is 21.9. The van der Waals surface area contributed by atoms with E-state index in [4.69, 9.17) is 9.47 Å². The molecular formula is C25H36O4. The van der Waals surface area contributed by atoms with Crippen molar-refractivity contribution in [3.05, 3.63) is 22.8 Å². The lowest BCUT2D eigenvalue weighted by atomic mass is 9.48. The van der Waals surface area contributed by atoms with E-state index in [9.17, 15) is 9.59 Å². The first-order chi connectivity index (χ1) is 13.5. The first-order valence-electron chi connectivity index (χ1n) is 11.1. The number of hydrogen-bond acceptors (Lipinski definition) is 4. The molecule has 0 saturated heterocycles. The van der Waals surface area contributed by atoms with Crippen molar-refractivity contribution in [2.45, 2.75) is 98.3 Å². The zero-order valence-electron chi connectivity index (χ0n) is 19.1. The van der Waals surface area contributed by atoms with E-state index in [1.165, 1.54) is 25.8 Å². The van der Waals surface area contributed by atoms with Gasteiger partial charge in [-0.15, -0.1) is 0 Å². The molecule has 1 saturated carbocycles. The summed E-state index contributed by atoms with van der Waals surface area (Å²) in [4.78, 5) is 24.1. The summed E-state index contributed by atoms with van der Waals surface area (Å²) in [5.74, 6) is 0.858. The largest absolute Gasteiger partial charge is 0.422 e. The average molecular weight is 401 g/mol. The van der Waals surface area contributed by atoms with Gasteiger partial charge in [-0.05, 0) is 54.9 Å². The van der Waals surface area contributed by atoms with Gasteiger partial charge in [-0.3, -0.25) is 9.59 Å². The maximum Gasteiger partial charge on any atom is 0.308 e. The molecule has 4 heteroatoms. The summed E-state index contributed by atoms with van der Waals surface area (Å²) < 4.78 is 11.6. The van der Waals surface area contributed by atoms with Crippen LogP contribution in [-0.2, 0) is 21.4 Å². The molecule has 1 fully saturated rings. The molecule has 2 atom stereocenters. The number of carbonyl (C=O) groups excluding carboxylic acids is 2. The Bertz CT molecular complexity index is 821. The van der Waals surface area contributed by atoms with Gasteiger partial charge in [-0.2, -0.15) is 0 Å². The van der Waals surface area contributed by atoms with Crippen molar-refractivity contribution in [2.75, 3.05) is 0 Å². The molecule has 4 nitrogen and oxygen atoms in total. The maximum atomic E-state index is 12.1. The predicted octanol–water partition coefficient (Wildman–Crippen LogP) is 6.08. The molecule has 0 amide bonds. The molecule has 29 heavy (non-hydrogen) atoms. The highest BCUT2D eigenvalue weighted by molar-refractivity contribution is 5.77. The number of fused-ring (bicyclic) bond motifs is 3. The number of esters is 2. The van der Waals surface area contributed by atoms with Gasteiger partial charge in [0.15, 0.2) is 11.5 Å². The fourth-order valence-corrected chi connectivity index (χ4v) is 6.20. The van der Waals surface area contributed by atoms with Crippen molar-refractivity contribution >= 4 is 11.9 Å². The highest BCUT2D eigenvalue weighted by Gasteiger charge is 2.53. The number of ether oxygens (including phenoxy) is 2. The Morgan fingerprint density at radius 2 is 1.72 bits per heavy atom. The van der Waals surface area contributed by atoms with Gasteiger partial charge >= 0.3 is 11.9 Å². The van der Waals surface area contributed by atoms with E-state index in [2.05, 4.69) is 40.7 Å². The van der Waals surface area contributed by atoms with Gasteiger partial charge in [0.2, 0.25) is 0 Å². The summed E-state index contributed by atoms with van der Waals surface area (Å²) in [5, 5.41) is 0. The summed E-state index contributed by atoms with van der Waals surface area (Å²) in [7, 11) is 0. The highest BCUT2D eigenvalue weighted by atomic mass is 16.6. The third-order valence-corrected chi connectivity index (χ3v) is 7.35. The minimum Gasteiger partial charge on any atom is -0.422 e. The molecule has 0 unspecified atom stereocenters. The Labute approximate surface area is 175 Å². The third-order valence-electron chi connectivity index (χ3n) is 7.35. The van der Waals surface area contributed by atoms with Crippen LogP contribution < -0.4 is 9.47 Å². The van der Waals surface area contributed by atoms with Crippen molar-refractivity contribution in [3.8, 4) is 11.5 Å². The summed E-state index contributed by atoms with van der Waals surface area (Å²) in [6.07, 6.45) is 6.57. The topological polar surface area (TPSA) is 52.6 Å². The van der Waals surface area contributed by atoms with Crippen LogP contribution in [0.25, 0.3) is 0 Å². The van der Waals surface area contributed by atoms with Crippen molar-refractivity contribution in [1.29, 1.82) is 0 Å². The van der Waals surface area contributed by atoms with Crippen LogP contribution in [0.3, 0.4) is 0 Å². The van der Waals surface area contributed by atoms with Gasteiger partial charge in [0.05, 0.1) is 0 Å². The minimum absolute atomic E-state index is 0.0511. The number of carbonyl (C=O) groups is 2. The second-order valence-corrected chi connectivity index (χ2v) is 9.94. The molecule has 2 aliphatic rings. The van der Waals surface area contributed by atoms with Gasteiger partial charge in [-0.25, -0.2) is 0 Å². The Morgan fingerprint density at radius 3 is 2.28 bits per heavy atom. The molecule has 2 aliphatic carbocycles. The fraction of sp³-hybridized carbons (Fsp3) is 0.680. The lowest BCUT2D eigenvalue weighted by Crippen LogP contribution is -2.49. The molecule has 1 aromatic carbocycles. The molecular weight excluding hydrogens is 364 g/mol. The monoisotopic (exact) mass is 400 g/mol. The van der Waals surface area contributed by atoms with Crippen LogP contribution >= 0.6 is 0 Å². The molecule has 3 rings (SSSR count). The Morgan fingerprint density at radius 1 is 1.10 bits per heavy atom. The van der Waals surface area contributed by atoms with Gasteiger partial charge in [0.1, 0.15) is 0 Å². The van der Waals surface area contributed by atoms with Gasteiger partial charge in [-0.1, -0.05) is 47.1 Å². The van der Waals surface area contributed by atoms with E-state index in [-0.39, 0.29) is 28.7 Å². The maximum absolute atomic E-state index is 12.1. The molecule has 1 aromatic rings. The smallest absolute Gasteiger partial charge is 0.308 e. The van der Waals surface area contributed by atoms with Gasteiger partial charge in [0, 0.05) is 30.4 Å². The third kappa shape index (κ3) is 3.71. The van der Waals surface area contributed by atoms with Crippen molar-refractivity contribution < 1.29 is 19.1 Å². The Balaban J connectivity index is 2.36. The summed E-state index contributed by atoms with van der Waals surface area (Å²) in [6.45, 7) is 14.0.